The summed E-state index contributed by atoms with van der Waals surface area (Å²) in [6, 6.07) is 0. The number of hydrogen-bond donors (Lipinski definition) is 1. The minimum Gasteiger partial charge on any atom is -0.392 e. The predicted octanol–water partition coefficient (Wildman–Crippen LogP) is 0.678. The molecular weight excluding hydrogens is 208 g/mol. The molecule has 0 heterocycles. The molecule has 0 spiro atoms. The highest BCUT2D eigenvalue weighted by atomic mass is 32.2. The van der Waals surface area contributed by atoms with Gasteiger partial charge in [0.25, 0.3) is 0 Å². The summed E-state index contributed by atoms with van der Waals surface area (Å²) in [6.07, 6.45) is 3.99. The maximum absolute atomic E-state index is 10.8. The molecule has 5 heteroatoms. The topological polar surface area (TPSA) is 54.4 Å². The molecule has 0 aliphatic heterocycles. The summed E-state index contributed by atoms with van der Waals surface area (Å²) in [5.41, 5.74) is 0. The van der Waals surface area contributed by atoms with E-state index in [-0.39, 0.29) is 17.1 Å². The lowest BCUT2D eigenvalue weighted by molar-refractivity contribution is 0.188. The van der Waals surface area contributed by atoms with Crippen molar-refractivity contribution in [1.29, 1.82) is 0 Å². The third kappa shape index (κ3) is 4.33. The van der Waals surface area contributed by atoms with Gasteiger partial charge in [-0.05, 0) is 19.3 Å². The lowest BCUT2D eigenvalue weighted by atomic mass is 10.3. The number of aliphatic hydroxyl groups is 1. The van der Waals surface area contributed by atoms with E-state index in [9.17, 15) is 13.5 Å². The van der Waals surface area contributed by atoms with Gasteiger partial charge in [0.1, 0.15) is 9.84 Å². The van der Waals surface area contributed by atoms with Gasteiger partial charge in [-0.1, -0.05) is 0 Å². The van der Waals surface area contributed by atoms with Gasteiger partial charge in [0.15, 0.2) is 0 Å². The van der Waals surface area contributed by atoms with Crippen LogP contribution < -0.4 is 0 Å². The highest BCUT2D eigenvalue weighted by Crippen LogP contribution is 2.29. The fraction of sp³-hybridized carbons (Fsp3) is 1.00. The molecule has 0 amide bonds. The van der Waals surface area contributed by atoms with E-state index in [1.165, 1.54) is 6.26 Å². The van der Waals surface area contributed by atoms with Crippen molar-refractivity contribution >= 4 is 21.6 Å². The van der Waals surface area contributed by atoms with Crippen LogP contribution in [-0.2, 0) is 9.84 Å². The molecule has 1 rings (SSSR count). The highest BCUT2D eigenvalue weighted by molar-refractivity contribution is 8.01. The van der Waals surface area contributed by atoms with Crippen LogP contribution in [0, 0.1) is 0 Å². The highest BCUT2D eigenvalue weighted by Gasteiger charge is 2.25. The van der Waals surface area contributed by atoms with Crippen molar-refractivity contribution in [2.45, 2.75) is 30.6 Å². The number of aliphatic hydroxyl groups excluding tert-OH is 1. The van der Waals surface area contributed by atoms with E-state index in [0.29, 0.717) is 5.75 Å². The molecule has 0 unspecified atom stereocenters. The molecule has 0 saturated heterocycles. The molecule has 1 aliphatic rings. The van der Waals surface area contributed by atoms with Gasteiger partial charge in [-0.2, -0.15) is 11.8 Å². The van der Waals surface area contributed by atoms with Gasteiger partial charge in [0, 0.05) is 17.3 Å². The summed E-state index contributed by atoms with van der Waals surface area (Å²) >= 11 is 1.59. The second kappa shape index (κ2) is 4.66. The zero-order valence-corrected chi connectivity index (χ0v) is 9.40. The van der Waals surface area contributed by atoms with Crippen LogP contribution in [0.2, 0.25) is 0 Å². The van der Waals surface area contributed by atoms with Crippen LogP contribution in [0.1, 0.15) is 19.3 Å². The molecule has 0 bridgehead atoms. The Bertz CT molecular complexity index is 248. The second-order valence-electron chi connectivity index (χ2n) is 3.54. The number of thioether (sulfide) groups is 1. The molecular formula is C8H16O3S2. The van der Waals surface area contributed by atoms with Gasteiger partial charge >= 0.3 is 0 Å². The fourth-order valence-corrected chi connectivity index (χ4v) is 4.04. The van der Waals surface area contributed by atoms with Gasteiger partial charge in [-0.25, -0.2) is 8.42 Å². The molecule has 3 nitrogen and oxygen atoms in total. The first-order valence-electron chi connectivity index (χ1n) is 4.46. The van der Waals surface area contributed by atoms with Crippen LogP contribution >= 0.6 is 11.8 Å². The number of hydrogen-bond acceptors (Lipinski definition) is 4. The van der Waals surface area contributed by atoms with Crippen molar-refractivity contribution in [2.75, 3.05) is 17.8 Å². The normalized spacial score (nSPS) is 29.4. The van der Waals surface area contributed by atoms with Crippen molar-refractivity contribution in [1.82, 2.24) is 0 Å². The standard InChI is InChI=1S/C8H16O3S2/c1-13(10,11)6-5-12-8-4-2-3-7(8)9/h7-9H,2-6H2,1H3/t7-,8-/m0/s1. The van der Waals surface area contributed by atoms with E-state index in [0.717, 1.165) is 19.3 Å². The molecule has 13 heavy (non-hydrogen) atoms. The largest absolute Gasteiger partial charge is 0.392 e. The van der Waals surface area contributed by atoms with E-state index >= 15 is 0 Å². The minimum atomic E-state index is -2.84. The Kier molecular flexibility index (Phi) is 4.06. The zero-order chi connectivity index (χ0) is 9.90. The van der Waals surface area contributed by atoms with E-state index in [1.807, 2.05) is 0 Å². The quantitative estimate of drug-likeness (QED) is 0.763. The van der Waals surface area contributed by atoms with E-state index in [1.54, 1.807) is 11.8 Å². The van der Waals surface area contributed by atoms with Gasteiger partial charge < -0.3 is 5.11 Å². The summed E-state index contributed by atoms with van der Waals surface area (Å²) in [6.45, 7) is 0. The van der Waals surface area contributed by atoms with Gasteiger partial charge in [-0.3, -0.25) is 0 Å². The Hall–Kier alpha value is 0.260. The monoisotopic (exact) mass is 224 g/mol. The van der Waals surface area contributed by atoms with Crippen molar-refractivity contribution in [2.24, 2.45) is 0 Å². The van der Waals surface area contributed by atoms with Crippen LogP contribution in [0.4, 0.5) is 0 Å². The molecule has 1 N–H and O–H groups in total. The lowest BCUT2D eigenvalue weighted by Crippen LogP contribution is -2.17. The molecule has 78 valence electrons. The predicted molar refractivity (Wildman–Crippen MR) is 55.8 cm³/mol. The van der Waals surface area contributed by atoms with E-state index in [2.05, 4.69) is 0 Å². The summed E-state index contributed by atoms with van der Waals surface area (Å²) in [5.74, 6) is 0.835. The zero-order valence-electron chi connectivity index (χ0n) is 7.77. The third-order valence-electron chi connectivity index (χ3n) is 2.20. The van der Waals surface area contributed by atoms with Gasteiger partial charge in [0.2, 0.25) is 0 Å². The third-order valence-corrected chi connectivity index (χ3v) is 4.83. The number of sulfone groups is 1. The Morgan fingerprint density at radius 2 is 2.15 bits per heavy atom. The van der Waals surface area contributed by atoms with E-state index in [4.69, 9.17) is 0 Å². The summed E-state index contributed by atoms with van der Waals surface area (Å²) < 4.78 is 21.6. The first kappa shape index (κ1) is 11.3. The molecule has 0 aromatic heterocycles. The van der Waals surface area contributed by atoms with Crippen LogP contribution in [-0.4, -0.2) is 42.6 Å². The summed E-state index contributed by atoms with van der Waals surface area (Å²) in [5, 5.41) is 9.71. The lowest BCUT2D eigenvalue weighted by Gasteiger charge is -2.12. The van der Waals surface area contributed by atoms with Crippen LogP contribution in [0.5, 0.6) is 0 Å². The Morgan fingerprint density at radius 3 is 2.62 bits per heavy atom. The van der Waals surface area contributed by atoms with Crippen molar-refractivity contribution < 1.29 is 13.5 Å². The first-order chi connectivity index (χ1) is 5.99. The van der Waals surface area contributed by atoms with Crippen molar-refractivity contribution in [3.63, 3.8) is 0 Å². The minimum absolute atomic E-state index is 0.218. The second-order valence-corrected chi connectivity index (χ2v) is 7.14. The molecule has 1 saturated carbocycles. The van der Waals surface area contributed by atoms with Crippen molar-refractivity contribution in [3.05, 3.63) is 0 Å². The maximum Gasteiger partial charge on any atom is 0.148 e. The number of rotatable bonds is 4. The average Bonchev–Trinajstić information content (AvgIpc) is 2.34. The Morgan fingerprint density at radius 1 is 1.46 bits per heavy atom. The van der Waals surface area contributed by atoms with Crippen LogP contribution in [0.3, 0.4) is 0 Å². The molecule has 1 aliphatic carbocycles. The van der Waals surface area contributed by atoms with Gasteiger partial charge in [-0.15, -0.1) is 0 Å². The molecule has 2 atom stereocenters. The molecule has 0 aromatic rings. The first-order valence-corrected chi connectivity index (χ1v) is 7.57. The molecule has 0 aromatic carbocycles. The van der Waals surface area contributed by atoms with Gasteiger partial charge in [0.05, 0.1) is 11.9 Å². The Labute approximate surface area is 83.8 Å². The van der Waals surface area contributed by atoms with Crippen molar-refractivity contribution in [3.8, 4) is 0 Å². The smallest absolute Gasteiger partial charge is 0.148 e. The molecule has 1 fully saturated rings. The van der Waals surface area contributed by atoms with Crippen LogP contribution in [0.15, 0.2) is 0 Å². The average molecular weight is 224 g/mol. The van der Waals surface area contributed by atoms with E-state index < -0.39 is 9.84 Å². The Balaban J connectivity index is 2.19. The SMILES string of the molecule is CS(=O)(=O)CCS[C@H]1CCC[C@@H]1O. The van der Waals surface area contributed by atoms with Crippen LogP contribution in [0.25, 0.3) is 0 Å². The summed E-state index contributed by atoms with van der Waals surface area (Å²) in [7, 11) is -2.84. The summed E-state index contributed by atoms with van der Waals surface area (Å²) in [4.78, 5) is 0. The fourth-order valence-electron chi connectivity index (χ4n) is 1.45. The maximum atomic E-state index is 10.8. The molecule has 0 radical (unpaired) electrons.